The lowest BCUT2D eigenvalue weighted by Crippen LogP contribution is -2.25. The number of hydrogen-bond donors (Lipinski definition) is 1. The summed E-state index contributed by atoms with van der Waals surface area (Å²) in [6.45, 7) is 0.441. The quantitative estimate of drug-likeness (QED) is 0.563. The van der Waals surface area contributed by atoms with Gasteiger partial charge in [-0.05, 0) is 29.8 Å². The van der Waals surface area contributed by atoms with Gasteiger partial charge in [0.2, 0.25) is 0 Å². The number of aromatic nitrogens is 2. The number of hydrogen-bond acceptors (Lipinski definition) is 3. The molecule has 29 heavy (non-hydrogen) atoms. The fourth-order valence-corrected chi connectivity index (χ4v) is 3.04. The summed E-state index contributed by atoms with van der Waals surface area (Å²) in [5, 5.41) is 2.70. The molecule has 0 unspecified atom stereocenters. The Bertz CT molecular complexity index is 1170. The van der Waals surface area contributed by atoms with Crippen LogP contribution in [0.5, 0.6) is 0 Å². The minimum absolute atomic E-state index is 0.237. The van der Waals surface area contributed by atoms with Crippen LogP contribution in [0.3, 0.4) is 0 Å². The number of nitrogens with zero attached hydrogens (tertiary/aromatic N) is 2. The zero-order valence-corrected chi connectivity index (χ0v) is 15.7. The Balaban J connectivity index is 1.51. The van der Waals surface area contributed by atoms with Gasteiger partial charge in [0.05, 0.1) is 17.8 Å². The van der Waals surface area contributed by atoms with E-state index in [9.17, 15) is 9.59 Å². The first-order valence-electron chi connectivity index (χ1n) is 9.27. The average molecular weight is 381 g/mol. The summed E-state index contributed by atoms with van der Waals surface area (Å²) in [5.74, 6) is -0.369. The monoisotopic (exact) mass is 381 g/mol. The second-order valence-corrected chi connectivity index (χ2v) is 6.59. The maximum Gasteiger partial charge on any atom is 0.274 e. The van der Waals surface area contributed by atoms with E-state index in [1.54, 1.807) is 35.0 Å². The van der Waals surface area contributed by atoms with Crippen LogP contribution in [0.1, 0.15) is 15.9 Å². The maximum absolute atomic E-state index is 12.7. The summed E-state index contributed by atoms with van der Waals surface area (Å²) in [7, 11) is 0. The summed E-state index contributed by atoms with van der Waals surface area (Å²) < 4.78 is 1.57. The second-order valence-electron chi connectivity index (χ2n) is 6.59. The van der Waals surface area contributed by atoms with E-state index in [0.29, 0.717) is 12.1 Å². The van der Waals surface area contributed by atoms with Crippen molar-refractivity contribution in [1.82, 2.24) is 9.55 Å². The minimum Gasteiger partial charge on any atom is -0.317 e. The van der Waals surface area contributed by atoms with Crippen molar-refractivity contribution < 1.29 is 4.79 Å². The Morgan fingerprint density at radius 3 is 2.28 bits per heavy atom. The highest BCUT2D eigenvalue weighted by atomic mass is 16.2. The van der Waals surface area contributed by atoms with E-state index >= 15 is 0 Å². The normalized spacial score (nSPS) is 10.5. The molecule has 0 bridgehead atoms. The van der Waals surface area contributed by atoms with Crippen molar-refractivity contribution in [2.24, 2.45) is 0 Å². The molecule has 0 radical (unpaired) electrons. The number of anilines is 1. The Hall–Kier alpha value is -3.99. The van der Waals surface area contributed by atoms with Crippen molar-refractivity contribution in [3.63, 3.8) is 0 Å². The third kappa shape index (κ3) is 4.30. The van der Waals surface area contributed by atoms with Gasteiger partial charge in [-0.1, -0.05) is 60.7 Å². The molecule has 1 N–H and O–H groups in total. The van der Waals surface area contributed by atoms with Crippen LogP contribution in [0, 0.1) is 0 Å². The lowest BCUT2D eigenvalue weighted by atomic mass is 10.1. The smallest absolute Gasteiger partial charge is 0.274 e. The summed E-state index contributed by atoms with van der Waals surface area (Å²) in [6, 6.07) is 26.3. The van der Waals surface area contributed by atoms with Gasteiger partial charge in [-0.15, -0.1) is 0 Å². The van der Waals surface area contributed by atoms with Crippen LogP contribution < -0.4 is 10.9 Å². The van der Waals surface area contributed by atoms with Gasteiger partial charge in [0.25, 0.3) is 11.5 Å². The third-order valence-electron chi connectivity index (χ3n) is 4.56. The van der Waals surface area contributed by atoms with Crippen molar-refractivity contribution in [2.75, 3.05) is 5.32 Å². The minimum atomic E-state index is -0.369. The Kier molecular flexibility index (Phi) is 5.29. The zero-order valence-electron chi connectivity index (χ0n) is 15.7. The predicted molar refractivity (Wildman–Crippen MR) is 114 cm³/mol. The first kappa shape index (κ1) is 18.4. The highest BCUT2D eigenvalue weighted by Crippen LogP contribution is 2.16. The average Bonchev–Trinajstić information content (AvgIpc) is 2.78. The molecule has 0 aliphatic carbocycles. The van der Waals surface area contributed by atoms with Crippen LogP contribution in [0.4, 0.5) is 5.69 Å². The van der Waals surface area contributed by atoms with E-state index < -0.39 is 0 Å². The molecule has 2 aromatic carbocycles. The summed E-state index contributed by atoms with van der Waals surface area (Å²) >= 11 is 0. The van der Waals surface area contributed by atoms with Gasteiger partial charge in [0.15, 0.2) is 0 Å². The van der Waals surface area contributed by atoms with Gasteiger partial charge in [0.1, 0.15) is 5.69 Å². The fourth-order valence-electron chi connectivity index (χ4n) is 3.04. The Labute approximate surface area is 168 Å². The molecule has 0 spiro atoms. The van der Waals surface area contributed by atoms with Crippen LogP contribution in [0.2, 0.25) is 0 Å². The molecular formula is C24H19N3O2. The van der Waals surface area contributed by atoms with E-state index in [0.717, 1.165) is 16.8 Å². The molecule has 5 nitrogen and oxygen atoms in total. The number of carbonyl (C=O) groups is 1. The van der Waals surface area contributed by atoms with E-state index in [-0.39, 0.29) is 17.2 Å². The van der Waals surface area contributed by atoms with Crippen molar-refractivity contribution in [3.05, 3.63) is 119 Å². The SMILES string of the molecule is O=C(Nc1cccn(Cc2ccccc2)c1=O)c1ccc(-c2ccccc2)nc1. The third-order valence-corrected chi connectivity index (χ3v) is 4.56. The number of carbonyl (C=O) groups excluding carboxylic acids is 1. The lowest BCUT2D eigenvalue weighted by Gasteiger charge is -2.10. The van der Waals surface area contributed by atoms with E-state index in [4.69, 9.17) is 0 Å². The Morgan fingerprint density at radius 2 is 1.59 bits per heavy atom. The molecule has 0 aliphatic heterocycles. The largest absolute Gasteiger partial charge is 0.317 e. The van der Waals surface area contributed by atoms with Gasteiger partial charge in [-0.25, -0.2) is 0 Å². The standard InChI is InChI=1S/C24H19N3O2/c28-23(20-13-14-21(25-16-20)19-10-5-2-6-11-19)26-22-12-7-15-27(24(22)29)17-18-8-3-1-4-9-18/h1-16H,17H2,(H,26,28). The van der Waals surface area contributed by atoms with Gasteiger partial charge < -0.3 is 9.88 Å². The molecule has 0 aliphatic rings. The van der Waals surface area contributed by atoms with E-state index in [1.807, 2.05) is 60.7 Å². The van der Waals surface area contributed by atoms with Crippen molar-refractivity contribution in [3.8, 4) is 11.3 Å². The van der Waals surface area contributed by atoms with Crippen LogP contribution >= 0.6 is 0 Å². The fraction of sp³-hybridized carbons (Fsp3) is 0.0417. The van der Waals surface area contributed by atoms with Crippen molar-refractivity contribution in [2.45, 2.75) is 6.54 Å². The van der Waals surface area contributed by atoms with Crippen molar-refractivity contribution >= 4 is 11.6 Å². The first-order chi connectivity index (χ1) is 14.2. The summed E-state index contributed by atoms with van der Waals surface area (Å²) in [6.07, 6.45) is 3.23. The first-order valence-corrected chi connectivity index (χ1v) is 9.27. The van der Waals surface area contributed by atoms with Crippen LogP contribution in [0.15, 0.2) is 102 Å². The van der Waals surface area contributed by atoms with Crippen molar-refractivity contribution in [1.29, 1.82) is 0 Å². The Morgan fingerprint density at radius 1 is 0.862 bits per heavy atom. The summed E-state index contributed by atoms with van der Waals surface area (Å²) in [5.41, 5.74) is 3.15. The molecule has 0 saturated heterocycles. The highest BCUT2D eigenvalue weighted by molar-refractivity contribution is 6.04. The number of rotatable bonds is 5. The molecule has 2 heterocycles. The molecule has 0 fully saturated rings. The number of pyridine rings is 2. The number of nitrogens with one attached hydrogen (secondary N) is 1. The lowest BCUT2D eigenvalue weighted by molar-refractivity contribution is 0.102. The van der Waals surface area contributed by atoms with E-state index in [1.165, 1.54) is 6.20 Å². The second kappa shape index (κ2) is 8.35. The van der Waals surface area contributed by atoms with Crippen LogP contribution in [-0.2, 0) is 6.54 Å². The predicted octanol–water partition coefficient (Wildman–Crippen LogP) is 4.21. The molecule has 0 atom stereocenters. The van der Waals surface area contributed by atoms with E-state index in [2.05, 4.69) is 10.3 Å². The topological polar surface area (TPSA) is 64.0 Å². The van der Waals surface area contributed by atoms with Gasteiger partial charge >= 0.3 is 0 Å². The number of benzene rings is 2. The highest BCUT2D eigenvalue weighted by Gasteiger charge is 2.11. The molecular weight excluding hydrogens is 362 g/mol. The molecule has 0 saturated carbocycles. The van der Waals surface area contributed by atoms with Crippen LogP contribution in [-0.4, -0.2) is 15.5 Å². The molecule has 2 aromatic heterocycles. The van der Waals surface area contributed by atoms with Gasteiger partial charge in [-0.2, -0.15) is 0 Å². The van der Waals surface area contributed by atoms with Crippen LogP contribution in [0.25, 0.3) is 11.3 Å². The van der Waals surface area contributed by atoms with Gasteiger partial charge in [-0.3, -0.25) is 14.6 Å². The molecule has 1 amide bonds. The summed E-state index contributed by atoms with van der Waals surface area (Å²) in [4.78, 5) is 29.7. The molecule has 142 valence electrons. The molecule has 4 rings (SSSR count). The molecule has 5 heteroatoms. The number of amides is 1. The maximum atomic E-state index is 12.7. The zero-order chi connectivity index (χ0) is 20.1. The molecule has 4 aromatic rings. The van der Waals surface area contributed by atoms with Gasteiger partial charge in [0, 0.05) is 18.0 Å².